The number of carbonyl (C=O) groups excluding carboxylic acids is 1. The second-order valence-electron chi connectivity index (χ2n) is 4.27. The fraction of sp³-hybridized carbons (Fsp3) is 0.200. The molecule has 2 rings (SSSR count). The number of aromatic nitrogens is 1. The summed E-state index contributed by atoms with van der Waals surface area (Å²) in [6.45, 7) is 3.52. The van der Waals surface area contributed by atoms with Crippen molar-refractivity contribution in [3.05, 3.63) is 53.9 Å². The van der Waals surface area contributed by atoms with Crippen LogP contribution in [0.25, 0.3) is 5.69 Å². The van der Waals surface area contributed by atoms with Gasteiger partial charge in [0.15, 0.2) is 6.10 Å². The lowest BCUT2D eigenvalue weighted by Gasteiger charge is -2.10. The van der Waals surface area contributed by atoms with Crippen LogP contribution in [0.4, 0.5) is 0 Å². The van der Waals surface area contributed by atoms with Crippen molar-refractivity contribution in [1.82, 2.24) is 4.57 Å². The summed E-state index contributed by atoms with van der Waals surface area (Å²) in [6, 6.07) is 11.0. The SMILES string of the molecule is Cc1ccc(C(=O)OC(C)C#N)cc1-n1cccc1. The van der Waals surface area contributed by atoms with E-state index >= 15 is 0 Å². The molecule has 1 unspecified atom stereocenters. The normalized spacial score (nSPS) is 11.6. The second-order valence-corrected chi connectivity index (χ2v) is 4.27. The van der Waals surface area contributed by atoms with Gasteiger partial charge in [0.2, 0.25) is 0 Å². The van der Waals surface area contributed by atoms with Gasteiger partial charge in [-0.15, -0.1) is 0 Å². The molecular formula is C15H14N2O2. The molecule has 4 nitrogen and oxygen atoms in total. The molecule has 1 aromatic heterocycles. The average molecular weight is 254 g/mol. The molecule has 19 heavy (non-hydrogen) atoms. The monoisotopic (exact) mass is 254 g/mol. The van der Waals surface area contributed by atoms with E-state index in [4.69, 9.17) is 10.00 Å². The van der Waals surface area contributed by atoms with Gasteiger partial charge >= 0.3 is 5.97 Å². The van der Waals surface area contributed by atoms with Crippen LogP contribution in [0, 0.1) is 18.3 Å². The number of aryl methyl sites for hydroxylation is 1. The molecule has 0 saturated carbocycles. The topological polar surface area (TPSA) is 55.0 Å². The van der Waals surface area contributed by atoms with Crippen LogP contribution < -0.4 is 0 Å². The Morgan fingerprint density at radius 3 is 2.68 bits per heavy atom. The van der Waals surface area contributed by atoms with Crippen LogP contribution >= 0.6 is 0 Å². The highest BCUT2D eigenvalue weighted by molar-refractivity contribution is 5.90. The highest BCUT2D eigenvalue weighted by atomic mass is 16.5. The summed E-state index contributed by atoms with van der Waals surface area (Å²) in [7, 11) is 0. The minimum Gasteiger partial charge on any atom is -0.444 e. The number of nitriles is 1. The van der Waals surface area contributed by atoms with E-state index in [2.05, 4.69) is 0 Å². The number of hydrogen-bond acceptors (Lipinski definition) is 3. The summed E-state index contributed by atoms with van der Waals surface area (Å²) in [4.78, 5) is 11.9. The van der Waals surface area contributed by atoms with E-state index in [0.29, 0.717) is 5.56 Å². The number of esters is 1. The van der Waals surface area contributed by atoms with Crippen molar-refractivity contribution in [2.45, 2.75) is 20.0 Å². The number of benzene rings is 1. The van der Waals surface area contributed by atoms with Crippen molar-refractivity contribution in [2.24, 2.45) is 0 Å². The lowest BCUT2D eigenvalue weighted by molar-refractivity contribution is 0.0435. The van der Waals surface area contributed by atoms with E-state index in [9.17, 15) is 4.79 Å². The van der Waals surface area contributed by atoms with Gasteiger partial charge < -0.3 is 9.30 Å². The molecule has 0 spiro atoms. The fourth-order valence-corrected chi connectivity index (χ4v) is 1.76. The minimum absolute atomic E-state index is 0.441. The molecular weight excluding hydrogens is 240 g/mol. The molecule has 96 valence electrons. The molecule has 0 aliphatic carbocycles. The molecule has 1 atom stereocenters. The van der Waals surface area contributed by atoms with Crippen LogP contribution in [0.15, 0.2) is 42.7 Å². The van der Waals surface area contributed by atoms with Crippen LogP contribution in [0.3, 0.4) is 0 Å². The largest absolute Gasteiger partial charge is 0.444 e. The molecule has 0 saturated heterocycles. The number of hydrogen-bond donors (Lipinski definition) is 0. The van der Waals surface area contributed by atoms with Crippen molar-refractivity contribution >= 4 is 5.97 Å². The molecule has 0 fully saturated rings. The first-order valence-corrected chi connectivity index (χ1v) is 5.96. The first kappa shape index (κ1) is 12.9. The molecule has 1 heterocycles. The van der Waals surface area contributed by atoms with E-state index in [1.165, 1.54) is 0 Å². The van der Waals surface area contributed by atoms with Gasteiger partial charge in [0, 0.05) is 18.1 Å². The average Bonchev–Trinajstić information content (AvgIpc) is 2.92. The van der Waals surface area contributed by atoms with Gasteiger partial charge in [-0.3, -0.25) is 0 Å². The summed E-state index contributed by atoms with van der Waals surface area (Å²) in [5.41, 5.74) is 2.42. The van der Waals surface area contributed by atoms with Crippen molar-refractivity contribution in [3.8, 4) is 11.8 Å². The number of rotatable bonds is 3. The Balaban J connectivity index is 2.32. The van der Waals surface area contributed by atoms with Gasteiger partial charge in [0.1, 0.15) is 6.07 Å². The number of carbonyl (C=O) groups is 1. The Morgan fingerprint density at radius 2 is 2.05 bits per heavy atom. The zero-order valence-electron chi connectivity index (χ0n) is 10.8. The van der Waals surface area contributed by atoms with Crippen molar-refractivity contribution < 1.29 is 9.53 Å². The smallest absolute Gasteiger partial charge is 0.339 e. The van der Waals surface area contributed by atoms with Crippen molar-refractivity contribution in [2.75, 3.05) is 0 Å². The van der Waals surface area contributed by atoms with Crippen LogP contribution in [-0.4, -0.2) is 16.6 Å². The third-order valence-electron chi connectivity index (χ3n) is 2.79. The second kappa shape index (κ2) is 5.40. The molecule has 0 amide bonds. The standard InChI is InChI=1S/C15H14N2O2/c1-11-5-6-13(15(18)19-12(2)10-16)9-14(11)17-7-3-4-8-17/h3-9,12H,1-2H3. The van der Waals surface area contributed by atoms with E-state index in [1.54, 1.807) is 19.1 Å². The van der Waals surface area contributed by atoms with Gasteiger partial charge in [-0.1, -0.05) is 6.07 Å². The van der Waals surface area contributed by atoms with E-state index in [0.717, 1.165) is 11.3 Å². The van der Waals surface area contributed by atoms with Crippen LogP contribution in [-0.2, 0) is 4.74 Å². The third-order valence-corrected chi connectivity index (χ3v) is 2.79. The Labute approximate surface area is 111 Å². The molecule has 0 radical (unpaired) electrons. The zero-order chi connectivity index (χ0) is 13.8. The maximum atomic E-state index is 11.9. The fourth-order valence-electron chi connectivity index (χ4n) is 1.76. The summed E-state index contributed by atoms with van der Waals surface area (Å²) >= 11 is 0. The lowest BCUT2D eigenvalue weighted by Crippen LogP contribution is -2.13. The van der Waals surface area contributed by atoms with E-state index in [1.807, 2.05) is 48.2 Å². The lowest BCUT2D eigenvalue weighted by atomic mass is 10.1. The Bertz CT molecular complexity index is 624. The molecule has 2 aromatic rings. The summed E-state index contributed by atoms with van der Waals surface area (Å²) in [5.74, 6) is -0.484. The third kappa shape index (κ3) is 2.83. The first-order valence-electron chi connectivity index (χ1n) is 5.96. The minimum atomic E-state index is -0.746. The molecule has 0 bridgehead atoms. The molecule has 0 aliphatic heterocycles. The van der Waals surface area contributed by atoms with E-state index in [-0.39, 0.29) is 0 Å². The Kier molecular flexibility index (Phi) is 3.67. The Hall–Kier alpha value is -2.54. The molecule has 0 N–H and O–H groups in total. The summed E-state index contributed by atoms with van der Waals surface area (Å²) < 4.78 is 6.92. The molecule has 1 aromatic carbocycles. The summed E-state index contributed by atoms with van der Waals surface area (Å²) in [6.07, 6.45) is 3.08. The van der Waals surface area contributed by atoms with Gasteiger partial charge in [0.25, 0.3) is 0 Å². The predicted octanol–water partition coefficient (Wildman–Crippen LogP) is 2.85. The highest BCUT2D eigenvalue weighted by Gasteiger charge is 2.13. The van der Waals surface area contributed by atoms with E-state index < -0.39 is 12.1 Å². The summed E-state index contributed by atoms with van der Waals surface area (Å²) in [5, 5.41) is 8.65. The van der Waals surface area contributed by atoms with Crippen LogP contribution in [0.2, 0.25) is 0 Å². The highest BCUT2D eigenvalue weighted by Crippen LogP contribution is 2.17. The molecule has 0 aliphatic rings. The van der Waals surface area contributed by atoms with Crippen molar-refractivity contribution in [1.29, 1.82) is 5.26 Å². The maximum Gasteiger partial charge on any atom is 0.339 e. The van der Waals surface area contributed by atoms with Crippen molar-refractivity contribution in [3.63, 3.8) is 0 Å². The quantitative estimate of drug-likeness (QED) is 0.791. The van der Waals surface area contributed by atoms with Gasteiger partial charge in [-0.2, -0.15) is 5.26 Å². The van der Waals surface area contributed by atoms with Crippen LogP contribution in [0.1, 0.15) is 22.8 Å². The number of ether oxygens (including phenoxy) is 1. The van der Waals surface area contributed by atoms with Gasteiger partial charge in [-0.25, -0.2) is 4.79 Å². The van der Waals surface area contributed by atoms with Gasteiger partial charge in [0.05, 0.1) is 5.56 Å². The zero-order valence-corrected chi connectivity index (χ0v) is 10.8. The first-order chi connectivity index (χ1) is 9.11. The van der Waals surface area contributed by atoms with Crippen LogP contribution in [0.5, 0.6) is 0 Å². The van der Waals surface area contributed by atoms with Gasteiger partial charge in [-0.05, 0) is 43.7 Å². The number of nitrogens with zero attached hydrogens (tertiary/aromatic N) is 2. The predicted molar refractivity (Wildman–Crippen MR) is 71.0 cm³/mol. The Morgan fingerprint density at radius 1 is 1.37 bits per heavy atom. The maximum absolute atomic E-state index is 11.9. The molecule has 4 heteroatoms.